The van der Waals surface area contributed by atoms with Crippen LogP contribution in [0.25, 0.3) is 0 Å². The number of aliphatic hydroxyl groups is 1. The SMILES string of the molecule is C[C@H](O)Cn1cc(F)c([S@](N)(=O)=NC(=O)Nc2c3c(nc4c2CCC42CC2)CCC3)n1. The second-order valence-electron chi connectivity index (χ2n) is 8.82. The van der Waals surface area contributed by atoms with Gasteiger partial charge >= 0.3 is 6.03 Å². The molecule has 31 heavy (non-hydrogen) atoms. The molecule has 0 unspecified atom stereocenters. The number of aromatic nitrogens is 3. The van der Waals surface area contributed by atoms with Gasteiger partial charge in [0.05, 0.1) is 30.2 Å². The summed E-state index contributed by atoms with van der Waals surface area (Å²) in [6.45, 7) is 1.50. The maximum Gasteiger partial charge on any atom is 0.354 e. The Bertz CT molecular complexity index is 1210. The number of nitrogens with one attached hydrogen (secondary N) is 1. The van der Waals surface area contributed by atoms with Gasteiger partial charge in [0.1, 0.15) is 0 Å². The molecule has 0 bridgehead atoms. The number of fused-ring (bicyclic) bond motifs is 3. The molecule has 1 saturated carbocycles. The lowest BCUT2D eigenvalue weighted by molar-refractivity contribution is 0.168. The highest BCUT2D eigenvalue weighted by molar-refractivity contribution is 7.91. The molecule has 2 heterocycles. The van der Waals surface area contributed by atoms with Gasteiger partial charge < -0.3 is 10.4 Å². The molecule has 5 rings (SSSR count). The van der Waals surface area contributed by atoms with Crippen molar-refractivity contribution in [2.75, 3.05) is 5.32 Å². The van der Waals surface area contributed by atoms with Crippen LogP contribution in [0.15, 0.2) is 15.6 Å². The van der Waals surface area contributed by atoms with Crippen LogP contribution in [0.1, 0.15) is 55.1 Å². The Kier molecular flexibility index (Phi) is 4.68. The molecule has 11 heteroatoms. The van der Waals surface area contributed by atoms with Gasteiger partial charge in [-0.3, -0.25) is 9.67 Å². The first-order chi connectivity index (χ1) is 14.7. The summed E-state index contributed by atoms with van der Waals surface area (Å²) in [6.07, 6.45) is 6.94. The molecule has 0 aromatic carbocycles. The minimum atomic E-state index is -3.91. The number of urea groups is 1. The zero-order valence-corrected chi connectivity index (χ0v) is 18.0. The van der Waals surface area contributed by atoms with Crippen molar-refractivity contribution in [3.63, 3.8) is 0 Å². The van der Waals surface area contributed by atoms with Gasteiger partial charge in [0, 0.05) is 11.1 Å². The number of amides is 2. The Morgan fingerprint density at radius 2 is 2.16 bits per heavy atom. The molecule has 0 aliphatic heterocycles. The van der Waals surface area contributed by atoms with E-state index in [9.17, 15) is 18.5 Å². The summed E-state index contributed by atoms with van der Waals surface area (Å²) in [5, 5.41) is 21.2. The summed E-state index contributed by atoms with van der Waals surface area (Å²) in [7, 11) is -3.91. The van der Waals surface area contributed by atoms with Crippen molar-refractivity contribution < 1.29 is 18.5 Å². The number of carbonyl (C=O) groups excluding carboxylic acids is 1. The number of halogens is 1. The average molecular weight is 449 g/mol. The Balaban J connectivity index is 1.47. The fraction of sp³-hybridized carbons (Fsp3) is 0.550. The van der Waals surface area contributed by atoms with Crippen molar-refractivity contribution in [2.45, 2.75) is 75.0 Å². The smallest absolute Gasteiger partial charge is 0.354 e. The number of anilines is 1. The summed E-state index contributed by atoms with van der Waals surface area (Å²) in [5.41, 5.74) is 5.02. The minimum absolute atomic E-state index is 0.00429. The third-order valence-electron chi connectivity index (χ3n) is 6.40. The van der Waals surface area contributed by atoms with Crippen molar-refractivity contribution in [1.29, 1.82) is 0 Å². The van der Waals surface area contributed by atoms with E-state index in [1.165, 1.54) is 6.92 Å². The number of nitrogens with zero attached hydrogens (tertiary/aromatic N) is 4. The first kappa shape index (κ1) is 20.5. The molecule has 0 radical (unpaired) electrons. The zero-order valence-electron chi connectivity index (χ0n) is 17.2. The largest absolute Gasteiger partial charge is 0.391 e. The van der Waals surface area contributed by atoms with Gasteiger partial charge in [-0.25, -0.2) is 18.5 Å². The highest BCUT2D eigenvalue weighted by Gasteiger charge is 2.51. The van der Waals surface area contributed by atoms with E-state index in [-0.39, 0.29) is 12.0 Å². The average Bonchev–Trinajstić information content (AvgIpc) is 2.97. The summed E-state index contributed by atoms with van der Waals surface area (Å²) in [6, 6.07) is -0.892. The number of rotatable bonds is 4. The van der Waals surface area contributed by atoms with Gasteiger partial charge in [0.15, 0.2) is 15.7 Å². The van der Waals surface area contributed by atoms with E-state index in [1.807, 2.05) is 0 Å². The molecule has 2 aromatic rings. The molecule has 2 aromatic heterocycles. The lowest BCUT2D eigenvalue weighted by Gasteiger charge is -2.16. The summed E-state index contributed by atoms with van der Waals surface area (Å²) < 4.78 is 31.8. The van der Waals surface area contributed by atoms with Crippen LogP contribution in [0.5, 0.6) is 0 Å². The van der Waals surface area contributed by atoms with Gasteiger partial charge in [-0.2, -0.15) is 5.10 Å². The quantitative estimate of drug-likeness (QED) is 0.659. The van der Waals surface area contributed by atoms with Crippen LogP contribution >= 0.6 is 0 Å². The topological polar surface area (TPSA) is 135 Å². The van der Waals surface area contributed by atoms with Crippen LogP contribution in [0, 0.1) is 5.82 Å². The van der Waals surface area contributed by atoms with E-state index in [1.54, 1.807) is 0 Å². The van der Waals surface area contributed by atoms with E-state index in [0.29, 0.717) is 5.69 Å². The fourth-order valence-electron chi connectivity index (χ4n) is 4.81. The number of carbonyl (C=O) groups is 1. The maximum atomic E-state index is 14.3. The van der Waals surface area contributed by atoms with Crippen molar-refractivity contribution in [3.05, 3.63) is 34.5 Å². The first-order valence-electron chi connectivity index (χ1n) is 10.5. The first-order valence-corrected chi connectivity index (χ1v) is 12.1. The van der Waals surface area contributed by atoms with E-state index in [2.05, 4.69) is 14.8 Å². The molecular formula is C20H25FN6O3S. The molecule has 1 spiro atoms. The van der Waals surface area contributed by atoms with Gasteiger partial charge in [-0.15, -0.1) is 4.36 Å². The van der Waals surface area contributed by atoms with E-state index < -0.39 is 32.9 Å². The Morgan fingerprint density at radius 3 is 2.87 bits per heavy atom. The van der Waals surface area contributed by atoms with Crippen LogP contribution in [0.2, 0.25) is 0 Å². The minimum Gasteiger partial charge on any atom is -0.391 e. The van der Waals surface area contributed by atoms with Crippen molar-refractivity contribution in [1.82, 2.24) is 14.8 Å². The van der Waals surface area contributed by atoms with Crippen molar-refractivity contribution >= 4 is 21.6 Å². The molecule has 4 N–H and O–H groups in total. The number of aryl methyl sites for hydroxylation is 1. The molecule has 1 fully saturated rings. The predicted molar refractivity (Wildman–Crippen MR) is 111 cm³/mol. The van der Waals surface area contributed by atoms with Crippen LogP contribution < -0.4 is 10.5 Å². The van der Waals surface area contributed by atoms with Crippen LogP contribution in [-0.4, -0.2) is 36.2 Å². The van der Waals surface area contributed by atoms with Gasteiger partial charge in [-0.05, 0) is 63.0 Å². The summed E-state index contributed by atoms with van der Waals surface area (Å²) in [4.78, 5) is 17.7. The fourth-order valence-corrected chi connectivity index (χ4v) is 5.75. The van der Waals surface area contributed by atoms with Crippen LogP contribution in [0.3, 0.4) is 0 Å². The standard InChI is InChI=1S/C20H25FN6O3S/c1-11(28)9-27-10-14(21)18(25-27)31(22,30)26-19(29)24-16-12-3-2-4-15(12)23-17-13(16)5-6-20(17)7-8-20/h10-11,28H,2-9H2,1H3,(H3,22,23,24,26,29,30)/t11-,31+/m0/s1. The molecule has 0 saturated heterocycles. The van der Waals surface area contributed by atoms with Gasteiger partial charge in [-0.1, -0.05) is 0 Å². The molecule has 3 aliphatic carbocycles. The molecular weight excluding hydrogens is 423 g/mol. The van der Waals surface area contributed by atoms with E-state index in [0.717, 1.165) is 78.3 Å². The van der Waals surface area contributed by atoms with Crippen molar-refractivity contribution in [3.8, 4) is 0 Å². The second kappa shape index (κ2) is 7.07. The molecule has 166 valence electrons. The third-order valence-corrected chi connectivity index (χ3v) is 7.67. The zero-order chi connectivity index (χ0) is 22.0. The molecule has 2 atom stereocenters. The Labute approximate surface area is 179 Å². The van der Waals surface area contributed by atoms with Crippen molar-refractivity contribution in [2.24, 2.45) is 9.50 Å². The van der Waals surface area contributed by atoms with Gasteiger partial charge in [0.2, 0.25) is 5.03 Å². The number of nitrogens with two attached hydrogens (primary N) is 1. The summed E-state index contributed by atoms with van der Waals surface area (Å²) in [5.74, 6) is -0.939. The molecule has 3 aliphatic rings. The number of aliphatic hydroxyl groups excluding tert-OH is 1. The van der Waals surface area contributed by atoms with Crippen LogP contribution in [0.4, 0.5) is 14.9 Å². The van der Waals surface area contributed by atoms with Crippen LogP contribution in [-0.2, 0) is 41.1 Å². The number of hydrogen-bond acceptors (Lipinski definition) is 5. The molecule has 2 amide bonds. The summed E-state index contributed by atoms with van der Waals surface area (Å²) >= 11 is 0. The second-order valence-corrected chi connectivity index (χ2v) is 10.5. The number of hydrogen-bond donors (Lipinski definition) is 3. The highest BCUT2D eigenvalue weighted by Crippen LogP contribution is 2.58. The van der Waals surface area contributed by atoms with E-state index >= 15 is 0 Å². The lowest BCUT2D eigenvalue weighted by Crippen LogP contribution is -2.21. The predicted octanol–water partition coefficient (Wildman–Crippen LogP) is 2.20. The third kappa shape index (κ3) is 3.54. The lowest BCUT2D eigenvalue weighted by atomic mass is 10.0. The van der Waals surface area contributed by atoms with E-state index in [4.69, 9.17) is 10.1 Å². The number of pyridine rings is 1. The molecule has 9 nitrogen and oxygen atoms in total. The highest BCUT2D eigenvalue weighted by atomic mass is 32.2. The Morgan fingerprint density at radius 1 is 1.39 bits per heavy atom. The maximum absolute atomic E-state index is 14.3. The van der Waals surface area contributed by atoms with Gasteiger partial charge in [0.25, 0.3) is 0 Å². The normalized spacial score (nSPS) is 20.8. The monoisotopic (exact) mass is 448 g/mol. The Hall–Kier alpha value is -2.37.